The Labute approximate surface area is 269 Å². The van der Waals surface area contributed by atoms with Gasteiger partial charge >= 0.3 is 5.97 Å². The van der Waals surface area contributed by atoms with Crippen LogP contribution in [0.2, 0.25) is 0 Å². The van der Waals surface area contributed by atoms with Crippen molar-refractivity contribution in [1.29, 1.82) is 0 Å². The van der Waals surface area contributed by atoms with E-state index >= 15 is 0 Å². The smallest absolute Gasteiger partial charge is 0.303 e. The van der Waals surface area contributed by atoms with Crippen LogP contribution in [0.5, 0.6) is 0 Å². The largest absolute Gasteiger partial charge is 0.481 e. The van der Waals surface area contributed by atoms with E-state index in [1.54, 1.807) is 12.1 Å². The van der Waals surface area contributed by atoms with Gasteiger partial charge in [0.1, 0.15) is 12.1 Å². The molecule has 0 bridgehead atoms. The summed E-state index contributed by atoms with van der Waals surface area (Å²) in [6.45, 7) is 11.5. The van der Waals surface area contributed by atoms with Gasteiger partial charge in [-0.2, -0.15) is 0 Å². The zero-order chi connectivity index (χ0) is 30.9. The van der Waals surface area contributed by atoms with Crippen LogP contribution < -0.4 is 32.3 Å². The van der Waals surface area contributed by atoms with Crippen molar-refractivity contribution < 1.29 is 24.3 Å². The van der Waals surface area contributed by atoms with Crippen LogP contribution in [0.1, 0.15) is 79.6 Å². The van der Waals surface area contributed by atoms with Crippen LogP contribution in [0.3, 0.4) is 0 Å². The lowest BCUT2D eigenvalue weighted by molar-refractivity contribution is -0.137. The predicted octanol–water partition coefficient (Wildman–Crippen LogP) is 3.68. The zero-order valence-corrected chi connectivity index (χ0v) is 27.9. The van der Waals surface area contributed by atoms with Crippen molar-refractivity contribution in [1.82, 2.24) is 10.6 Å². The van der Waals surface area contributed by atoms with Crippen LogP contribution >= 0.6 is 24.8 Å². The van der Waals surface area contributed by atoms with Gasteiger partial charge in [0.25, 0.3) is 0 Å². The Morgan fingerprint density at radius 2 is 1.47 bits per heavy atom. The van der Waals surface area contributed by atoms with Gasteiger partial charge in [0, 0.05) is 30.9 Å². The van der Waals surface area contributed by atoms with E-state index in [9.17, 15) is 19.2 Å². The van der Waals surface area contributed by atoms with Gasteiger partial charge in [-0.1, -0.05) is 34.6 Å². The maximum atomic E-state index is 13.3. The molecule has 248 valence electrons. The first-order valence-corrected chi connectivity index (χ1v) is 14.8. The highest BCUT2D eigenvalue weighted by atomic mass is 35.5. The topological polar surface area (TPSA) is 180 Å². The fourth-order valence-electron chi connectivity index (χ4n) is 4.35. The van der Waals surface area contributed by atoms with E-state index < -0.39 is 35.9 Å². The molecule has 0 aliphatic heterocycles. The lowest BCUT2D eigenvalue weighted by Crippen LogP contribution is -2.56. The van der Waals surface area contributed by atoms with Gasteiger partial charge in [-0.15, -0.1) is 24.8 Å². The minimum Gasteiger partial charge on any atom is -0.481 e. The third-order valence-electron chi connectivity index (χ3n) is 6.75. The van der Waals surface area contributed by atoms with E-state index in [0.717, 1.165) is 18.7 Å². The summed E-state index contributed by atoms with van der Waals surface area (Å²) in [6.07, 6.45) is 3.72. The Hall–Kier alpha value is -2.60. The van der Waals surface area contributed by atoms with Crippen molar-refractivity contribution in [3.63, 3.8) is 0 Å². The van der Waals surface area contributed by atoms with E-state index in [1.165, 1.54) is 0 Å². The Balaban J connectivity index is 0. The molecule has 0 aliphatic rings. The molecule has 1 rings (SSSR count). The first-order chi connectivity index (χ1) is 19.4. The molecule has 0 heterocycles. The van der Waals surface area contributed by atoms with Gasteiger partial charge < -0.3 is 37.4 Å². The number of nitrogens with two attached hydrogens (primary N) is 2. The lowest BCUT2D eigenvalue weighted by Gasteiger charge is -2.26. The van der Waals surface area contributed by atoms with Crippen molar-refractivity contribution in [2.75, 3.05) is 29.9 Å². The van der Waals surface area contributed by atoms with Crippen molar-refractivity contribution in [3.8, 4) is 0 Å². The normalized spacial score (nSPS) is 12.8. The highest BCUT2D eigenvalue weighted by Gasteiger charge is 2.29. The SMILES string of the molecule is CCCN(CCCC(=O)O)c1ccc(NC(=O)[C@H](CCCCN)NC(=O)[C@H](CC(C)C)NC(=O)[C@H](N)C(C)C)cc1.Cl.Cl. The molecule has 0 aromatic heterocycles. The van der Waals surface area contributed by atoms with Gasteiger partial charge in [0.15, 0.2) is 0 Å². The summed E-state index contributed by atoms with van der Waals surface area (Å²) in [5, 5.41) is 17.5. The average Bonchev–Trinajstić information content (AvgIpc) is 2.91. The summed E-state index contributed by atoms with van der Waals surface area (Å²) in [5.74, 6) is -1.96. The molecule has 3 amide bonds. The fourth-order valence-corrected chi connectivity index (χ4v) is 4.35. The lowest BCUT2D eigenvalue weighted by atomic mass is 10.00. The van der Waals surface area contributed by atoms with Crippen LogP contribution in [0.25, 0.3) is 0 Å². The Kier molecular flexibility index (Phi) is 22.6. The molecule has 3 atom stereocenters. The van der Waals surface area contributed by atoms with Crippen LogP contribution in [0.15, 0.2) is 24.3 Å². The number of aliphatic carboxylic acids is 1. The van der Waals surface area contributed by atoms with Gasteiger partial charge in [0.05, 0.1) is 6.04 Å². The molecule has 0 spiro atoms. The van der Waals surface area contributed by atoms with E-state index in [1.807, 2.05) is 39.8 Å². The molecule has 0 fully saturated rings. The molecule has 0 saturated carbocycles. The van der Waals surface area contributed by atoms with E-state index in [-0.39, 0.29) is 49.0 Å². The average molecular weight is 650 g/mol. The molecule has 0 unspecified atom stereocenters. The number of benzene rings is 1. The number of nitrogens with one attached hydrogen (secondary N) is 3. The number of carbonyl (C=O) groups is 4. The van der Waals surface area contributed by atoms with Crippen molar-refractivity contribution in [3.05, 3.63) is 24.3 Å². The van der Waals surface area contributed by atoms with Crippen LogP contribution in [0.4, 0.5) is 11.4 Å². The molecular formula is C30H54Cl2N6O5. The van der Waals surface area contributed by atoms with Crippen LogP contribution in [-0.2, 0) is 19.2 Å². The van der Waals surface area contributed by atoms with Crippen molar-refractivity contribution >= 4 is 59.9 Å². The number of hydrogen-bond donors (Lipinski definition) is 6. The summed E-state index contributed by atoms with van der Waals surface area (Å²) < 4.78 is 0. The maximum Gasteiger partial charge on any atom is 0.303 e. The number of unbranched alkanes of at least 4 members (excludes halogenated alkanes) is 1. The second-order valence-corrected chi connectivity index (χ2v) is 11.3. The van der Waals surface area contributed by atoms with E-state index in [4.69, 9.17) is 16.6 Å². The highest BCUT2D eigenvalue weighted by molar-refractivity contribution is 5.98. The van der Waals surface area contributed by atoms with Crippen LogP contribution in [0, 0.1) is 11.8 Å². The molecular weight excluding hydrogens is 595 g/mol. The molecule has 0 aliphatic carbocycles. The molecule has 13 heteroatoms. The number of carboxylic acids is 1. The third kappa shape index (κ3) is 16.7. The van der Waals surface area contributed by atoms with Gasteiger partial charge in [-0.05, 0) is 81.2 Å². The number of hydrogen-bond acceptors (Lipinski definition) is 7. The predicted molar refractivity (Wildman–Crippen MR) is 178 cm³/mol. The minimum atomic E-state index is -0.818. The monoisotopic (exact) mass is 648 g/mol. The van der Waals surface area contributed by atoms with Gasteiger partial charge in [-0.3, -0.25) is 19.2 Å². The molecule has 11 nitrogen and oxygen atoms in total. The van der Waals surface area contributed by atoms with Crippen molar-refractivity contribution in [2.45, 2.75) is 97.7 Å². The Bertz CT molecular complexity index is 965. The Morgan fingerprint density at radius 1 is 0.860 bits per heavy atom. The summed E-state index contributed by atoms with van der Waals surface area (Å²) >= 11 is 0. The first-order valence-electron chi connectivity index (χ1n) is 14.8. The molecule has 0 radical (unpaired) electrons. The summed E-state index contributed by atoms with van der Waals surface area (Å²) in [7, 11) is 0. The summed E-state index contributed by atoms with van der Waals surface area (Å²) in [5.41, 5.74) is 13.2. The second kappa shape index (κ2) is 22.9. The molecule has 0 saturated heterocycles. The van der Waals surface area contributed by atoms with Gasteiger partial charge in [-0.25, -0.2) is 0 Å². The Morgan fingerprint density at radius 3 is 1.98 bits per heavy atom. The number of rotatable bonds is 20. The van der Waals surface area contributed by atoms with Gasteiger partial charge in [0.2, 0.25) is 17.7 Å². The third-order valence-corrected chi connectivity index (χ3v) is 6.75. The van der Waals surface area contributed by atoms with Crippen LogP contribution in [-0.4, -0.2) is 66.6 Å². The van der Waals surface area contributed by atoms with E-state index in [0.29, 0.717) is 50.9 Å². The highest BCUT2D eigenvalue weighted by Crippen LogP contribution is 2.20. The summed E-state index contributed by atoms with van der Waals surface area (Å²) in [4.78, 5) is 52.2. The minimum absolute atomic E-state index is 0. The van der Waals surface area contributed by atoms with E-state index in [2.05, 4.69) is 27.8 Å². The fraction of sp³-hybridized carbons (Fsp3) is 0.667. The standard InChI is InChI=1S/C30H52N6O5.2ClH/c1-6-17-36(18-9-11-26(37)38)23-14-12-22(13-15-23)33-28(39)24(10-7-8-16-31)34-29(40)25(19-20(2)3)35-30(41)27(32)21(4)5;;/h12-15,20-21,24-25,27H,6-11,16-19,31-32H2,1-5H3,(H,33,39)(H,34,40)(H,35,41)(H,37,38);2*1H/t24-,25-,27+;;/m0../s1. The maximum absolute atomic E-state index is 13.3. The molecule has 1 aromatic rings. The molecule has 43 heavy (non-hydrogen) atoms. The number of amides is 3. The van der Waals surface area contributed by atoms with Crippen molar-refractivity contribution in [2.24, 2.45) is 23.3 Å². The molecule has 1 aromatic carbocycles. The summed E-state index contributed by atoms with van der Waals surface area (Å²) in [6, 6.07) is 4.99. The second-order valence-electron chi connectivity index (χ2n) is 11.3. The molecule has 8 N–H and O–H groups in total. The number of carboxylic acid groups (broad SMARTS) is 1. The number of anilines is 2. The number of halogens is 2. The number of carbonyl (C=O) groups excluding carboxylic acids is 3. The number of nitrogens with zero attached hydrogens (tertiary/aromatic N) is 1. The zero-order valence-electron chi connectivity index (χ0n) is 26.3. The quantitative estimate of drug-likeness (QED) is 0.116. The first kappa shape index (κ1) is 42.5.